The number of hydrogen-bond acceptors (Lipinski definition) is 3. The van der Waals surface area contributed by atoms with Crippen LogP contribution in [0.4, 0.5) is 8.78 Å². The van der Waals surface area contributed by atoms with E-state index in [1.807, 2.05) is 0 Å². The van der Waals surface area contributed by atoms with Gasteiger partial charge in [0.1, 0.15) is 16.5 Å². The van der Waals surface area contributed by atoms with Crippen LogP contribution in [0, 0.1) is 11.6 Å². The van der Waals surface area contributed by atoms with E-state index in [1.54, 1.807) is 0 Å². The lowest BCUT2D eigenvalue weighted by Crippen LogP contribution is -2.52. The normalized spacial score (nSPS) is 18.9. The van der Waals surface area contributed by atoms with Crippen LogP contribution in [0.3, 0.4) is 0 Å². The first-order valence-corrected chi connectivity index (χ1v) is 7.97. The van der Waals surface area contributed by atoms with E-state index in [0.717, 1.165) is 31.4 Å². The summed E-state index contributed by atoms with van der Waals surface area (Å²) in [6.45, 7) is -0.338. The fourth-order valence-corrected chi connectivity index (χ4v) is 4.07. The first-order valence-electron chi connectivity index (χ1n) is 6.48. The largest absolute Gasteiger partial charge is 0.394 e. The zero-order valence-corrected chi connectivity index (χ0v) is 11.7. The third-order valence-electron chi connectivity index (χ3n) is 3.65. The van der Waals surface area contributed by atoms with Crippen LogP contribution >= 0.6 is 0 Å². The molecule has 0 atom stereocenters. The van der Waals surface area contributed by atoms with Gasteiger partial charge in [0.15, 0.2) is 0 Å². The summed E-state index contributed by atoms with van der Waals surface area (Å²) in [7, 11) is -4.13. The Morgan fingerprint density at radius 1 is 1.20 bits per heavy atom. The van der Waals surface area contributed by atoms with Gasteiger partial charge in [-0.05, 0) is 25.0 Å². The van der Waals surface area contributed by atoms with E-state index in [2.05, 4.69) is 4.72 Å². The van der Waals surface area contributed by atoms with Crippen molar-refractivity contribution in [3.63, 3.8) is 0 Å². The summed E-state index contributed by atoms with van der Waals surface area (Å²) in [6.07, 6.45) is 3.59. The third-order valence-corrected chi connectivity index (χ3v) is 5.26. The molecule has 1 aromatic carbocycles. The molecule has 2 N–H and O–H groups in total. The van der Waals surface area contributed by atoms with E-state index in [0.29, 0.717) is 18.9 Å². The van der Waals surface area contributed by atoms with Gasteiger partial charge in [-0.1, -0.05) is 19.3 Å². The molecule has 0 saturated heterocycles. The SMILES string of the molecule is O=S(=O)(NC1(CO)CCCCC1)c1ccc(F)cc1F. The van der Waals surface area contributed by atoms with Gasteiger partial charge in [0.25, 0.3) is 0 Å². The van der Waals surface area contributed by atoms with Gasteiger partial charge < -0.3 is 5.11 Å². The molecule has 1 saturated carbocycles. The quantitative estimate of drug-likeness (QED) is 0.893. The van der Waals surface area contributed by atoms with Crippen LogP contribution < -0.4 is 4.72 Å². The summed E-state index contributed by atoms with van der Waals surface area (Å²) < 4.78 is 53.3. The molecular weight excluding hydrogens is 288 g/mol. The van der Waals surface area contributed by atoms with Crippen molar-refractivity contribution in [3.8, 4) is 0 Å². The Kier molecular flexibility index (Phi) is 4.41. The van der Waals surface area contributed by atoms with E-state index in [1.165, 1.54) is 0 Å². The van der Waals surface area contributed by atoms with Gasteiger partial charge in [0, 0.05) is 6.07 Å². The summed E-state index contributed by atoms with van der Waals surface area (Å²) in [5.41, 5.74) is -0.947. The maximum atomic E-state index is 13.6. The van der Waals surface area contributed by atoms with E-state index in [4.69, 9.17) is 0 Å². The first kappa shape index (κ1) is 15.3. The highest BCUT2D eigenvalue weighted by atomic mass is 32.2. The number of aliphatic hydroxyl groups is 1. The molecule has 2 rings (SSSR count). The van der Waals surface area contributed by atoms with Gasteiger partial charge in [-0.3, -0.25) is 0 Å². The molecule has 20 heavy (non-hydrogen) atoms. The topological polar surface area (TPSA) is 66.4 Å². The van der Waals surface area contributed by atoms with Crippen molar-refractivity contribution in [1.82, 2.24) is 4.72 Å². The minimum absolute atomic E-state index is 0.338. The highest BCUT2D eigenvalue weighted by Gasteiger charge is 2.36. The average molecular weight is 305 g/mol. The second-order valence-electron chi connectivity index (χ2n) is 5.18. The molecule has 0 aromatic heterocycles. The first-order chi connectivity index (χ1) is 9.38. The van der Waals surface area contributed by atoms with Crippen molar-refractivity contribution >= 4 is 10.0 Å². The van der Waals surface area contributed by atoms with Gasteiger partial charge in [0.2, 0.25) is 10.0 Å². The van der Waals surface area contributed by atoms with E-state index in [9.17, 15) is 22.3 Å². The molecule has 0 bridgehead atoms. The third kappa shape index (κ3) is 3.16. The van der Waals surface area contributed by atoms with E-state index in [-0.39, 0.29) is 6.61 Å². The molecule has 0 spiro atoms. The molecule has 0 unspecified atom stereocenters. The lowest BCUT2D eigenvalue weighted by Gasteiger charge is -2.36. The fraction of sp³-hybridized carbons (Fsp3) is 0.538. The van der Waals surface area contributed by atoms with Crippen molar-refractivity contribution in [3.05, 3.63) is 29.8 Å². The molecular formula is C13H17F2NO3S. The van der Waals surface area contributed by atoms with Crippen LogP contribution in [0.15, 0.2) is 23.1 Å². The highest BCUT2D eigenvalue weighted by molar-refractivity contribution is 7.89. The standard InChI is InChI=1S/C13H17F2NO3S/c14-10-4-5-12(11(15)8-10)20(18,19)16-13(9-17)6-2-1-3-7-13/h4-5,8,16-17H,1-3,6-7,9H2. The zero-order valence-electron chi connectivity index (χ0n) is 10.9. The lowest BCUT2D eigenvalue weighted by atomic mass is 9.83. The second kappa shape index (κ2) is 5.75. The lowest BCUT2D eigenvalue weighted by molar-refractivity contribution is 0.142. The summed E-state index contributed by atoms with van der Waals surface area (Å²) in [5, 5.41) is 9.48. The smallest absolute Gasteiger partial charge is 0.244 e. The molecule has 0 radical (unpaired) electrons. The molecule has 0 aliphatic heterocycles. The molecule has 7 heteroatoms. The molecule has 1 aliphatic rings. The van der Waals surface area contributed by atoms with Crippen LogP contribution in [-0.2, 0) is 10.0 Å². The Hall–Kier alpha value is -1.05. The Morgan fingerprint density at radius 3 is 2.40 bits per heavy atom. The minimum Gasteiger partial charge on any atom is -0.394 e. The number of nitrogens with one attached hydrogen (secondary N) is 1. The number of aliphatic hydroxyl groups excluding tert-OH is 1. The van der Waals surface area contributed by atoms with Gasteiger partial charge in [-0.15, -0.1) is 0 Å². The van der Waals surface area contributed by atoms with E-state index < -0.39 is 32.1 Å². The number of hydrogen-bond donors (Lipinski definition) is 2. The van der Waals surface area contributed by atoms with Crippen LogP contribution in [0.5, 0.6) is 0 Å². The van der Waals surface area contributed by atoms with Crippen molar-refractivity contribution in [1.29, 1.82) is 0 Å². The summed E-state index contributed by atoms with van der Waals surface area (Å²) in [4.78, 5) is -0.600. The Labute approximate surface area is 116 Å². The van der Waals surface area contributed by atoms with Gasteiger partial charge in [-0.2, -0.15) is 0 Å². The second-order valence-corrected chi connectivity index (χ2v) is 6.83. The predicted molar refractivity (Wildman–Crippen MR) is 69.6 cm³/mol. The number of rotatable bonds is 4. The summed E-state index contributed by atoms with van der Waals surface area (Å²) in [5.74, 6) is -1.97. The molecule has 0 heterocycles. The highest BCUT2D eigenvalue weighted by Crippen LogP contribution is 2.30. The summed E-state index contributed by atoms with van der Waals surface area (Å²) >= 11 is 0. The van der Waals surface area contributed by atoms with Crippen molar-refractivity contribution in [2.24, 2.45) is 0 Å². The number of halogens is 2. The average Bonchev–Trinajstić information content (AvgIpc) is 2.38. The van der Waals surface area contributed by atoms with Crippen LogP contribution in [0.25, 0.3) is 0 Å². The van der Waals surface area contributed by atoms with Gasteiger partial charge in [-0.25, -0.2) is 21.9 Å². The Morgan fingerprint density at radius 2 is 1.85 bits per heavy atom. The predicted octanol–water partition coefficient (Wildman–Crippen LogP) is 1.94. The monoisotopic (exact) mass is 305 g/mol. The molecule has 4 nitrogen and oxygen atoms in total. The Balaban J connectivity index is 2.30. The molecule has 1 aliphatic carbocycles. The maximum Gasteiger partial charge on any atom is 0.244 e. The van der Waals surface area contributed by atoms with Crippen molar-refractivity contribution in [2.75, 3.05) is 6.61 Å². The van der Waals surface area contributed by atoms with Gasteiger partial charge >= 0.3 is 0 Å². The van der Waals surface area contributed by atoms with Gasteiger partial charge in [0.05, 0.1) is 12.1 Å². The number of benzene rings is 1. The molecule has 1 aromatic rings. The number of sulfonamides is 1. The molecule has 0 amide bonds. The van der Waals surface area contributed by atoms with E-state index >= 15 is 0 Å². The fourth-order valence-electron chi connectivity index (χ4n) is 2.55. The van der Waals surface area contributed by atoms with Crippen LogP contribution in [0.2, 0.25) is 0 Å². The minimum atomic E-state index is -4.13. The Bertz CT molecular complexity index is 583. The molecule has 112 valence electrons. The van der Waals surface area contributed by atoms with Crippen LogP contribution in [-0.4, -0.2) is 25.7 Å². The maximum absolute atomic E-state index is 13.6. The summed E-state index contributed by atoms with van der Waals surface area (Å²) in [6, 6.07) is 2.31. The molecule has 1 fully saturated rings. The van der Waals surface area contributed by atoms with Crippen molar-refractivity contribution < 1.29 is 22.3 Å². The zero-order chi connectivity index (χ0) is 14.8. The van der Waals surface area contributed by atoms with Crippen LogP contribution in [0.1, 0.15) is 32.1 Å². The van der Waals surface area contributed by atoms with Crippen molar-refractivity contribution in [2.45, 2.75) is 42.5 Å².